The molecular weight excluding hydrogens is 715 g/mol. The van der Waals surface area contributed by atoms with E-state index in [1.165, 1.54) is 23.0 Å². The number of nitrogens with zero attached hydrogens (tertiary/aromatic N) is 2. The zero-order valence-corrected chi connectivity index (χ0v) is 29.6. The molecule has 240 valence electrons. The smallest absolute Gasteiger partial charge is 0.338 e. The number of carbonyl (C=O) groups is 1. The summed E-state index contributed by atoms with van der Waals surface area (Å²) in [4.78, 5) is 32.8. The summed E-state index contributed by atoms with van der Waals surface area (Å²) in [6.45, 7) is 7.62. The fourth-order valence-corrected chi connectivity index (χ4v) is 7.04. The van der Waals surface area contributed by atoms with E-state index in [4.69, 9.17) is 47.1 Å². The van der Waals surface area contributed by atoms with Crippen LogP contribution in [0.3, 0.4) is 0 Å². The lowest BCUT2D eigenvalue weighted by Gasteiger charge is -2.26. The van der Waals surface area contributed by atoms with Crippen molar-refractivity contribution in [3.63, 3.8) is 0 Å². The molecule has 4 aromatic rings. The lowest BCUT2D eigenvalue weighted by molar-refractivity contribution is -0.139. The molecule has 1 aliphatic rings. The van der Waals surface area contributed by atoms with Gasteiger partial charge in [-0.05, 0) is 64.1 Å². The Hall–Kier alpha value is -3.57. The van der Waals surface area contributed by atoms with Crippen molar-refractivity contribution in [3.8, 4) is 17.2 Å². The predicted molar refractivity (Wildman–Crippen MR) is 184 cm³/mol. The Bertz CT molecular complexity index is 2020. The number of fused-ring (bicyclic) bond motifs is 1. The maximum atomic E-state index is 14.3. The van der Waals surface area contributed by atoms with Crippen molar-refractivity contribution in [3.05, 3.63) is 117 Å². The van der Waals surface area contributed by atoms with E-state index in [0.29, 0.717) is 53.5 Å². The molecule has 1 aromatic heterocycles. The number of para-hydroxylation sites is 1. The Morgan fingerprint density at radius 2 is 1.89 bits per heavy atom. The van der Waals surface area contributed by atoms with Crippen LogP contribution in [0.2, 0.25) is 10.0 Å². The van der Waals surface area contributed by atoms with Crippen LogP contribution in [0.5, 0.6) is 17.2 Å². The molecule has 0 saturated heterocycles. The van der Waals surface area contributed by atoms with Gasteiger partial charge in [-0.3, -0.25) is 9.36 Å². The van der Waals surface area contributed by atoms with Gasteiger partial charge in [0.15, 0.2) is 16.3 Å². The maximum Gasteiger partial charge on any atom is 0.338 e. The molecule has 0 radical (unpaired) electrons. The van der Waals surface area contributed by atoms with E-state index in [0.717, 1.165) is 10.0 Å². The number of thiazole rings is 1. The highest BCUT2D eigenvalue weighted by Crippen LogP contribution is 2.38. The molecule has 5 rings (SSSR count). The van der Waals surface area contributed by atoms with Crippen LogP contribution in [-0.4, -0.2) is 30.4 Å². The normalized spacial score (nSPS) is 14.6. The van der Waals surface area contributed by atoms with Crippen LogP contribution in [0, 0.1) is 0 Å². The van der Waals surface area contributed by atoms with E-state index in [2.05, 4.69) is 15.9 Å². The van der Waals surface area contributed by atoms with Gasteiger partial charge in [-0.15, -0.1) is 0 Å². The Labute approximate surface area is 288 Å². The molecule has 0 fully saturated rings. The first-order valence-electron chi connectivity index (χ1n) is 14.4. The Balaban J connectivity index is 1.69. The Morgan fingerprint density at radius 1 is 1.13 bits per heavy atom. The number of aromatic nitrogens is 1. The number of allylic oxidation sites excluding steroid dienone is 1. The zero-order valence-electron chi connectivity index (χ0n) is 25.7. The van der Waals surface area contributed by atoms with Crippen molar-refractivity contribution in [2.45, 2.75) is 46.4 Å². The largest absolute Gasteiger partial charge is 0.493 e. The second kappa shape index (κ2) is 14.5. The molecule has 0 N–H and O–H groups in total. The van der Waals surface area contributed by atoms with Crippen molar-refractivity contribution in [1.82, 2.24) is 4.57 Å². The molecule has 8 nitrogen and oxygen atoms in total. The van der Waals surface area contributed by atoms with E-state index in [-0.39, 0.29) is 30.5 Å². The van der Waals surface area contributed by atoms with Crippen molar-refractivity contribution >= 4 is 62.5 Å². The fraction of sp³-hybridized carbons (Fsp3) is 0.265. The fourth-order valence-electron chi connectivity index (χ4n) is 5.09. The number of hydrogen-bond donors (Lipinski definition) is 0. The predicted octanol–water partition coefficient (Wildman–Crippen LogP) is 7.24. The first-order valence-corrected chi connectivity index (χ1v) is 16.8. The van der Waals surface area contributed by atoms with Crippen molar-refractivity contribution in [1.29, 1.82) is 0 Å². The van der Waals surface area contributed by atoms with E-state index >= 15 is 0 Å². The zero-order chi connectivity index (χ0) is 33.1. The molecule has 1 atom stereocenters. The highest BCUT2D eigenvalue weighted by molar-refractivity contribution is 9.10. The number of rotatable bonds is 10. The third-order valence-corrected chi connectivity index (χ3v) is 9.06. The van der Waals surface area contributed by atoms with Crippen LogP contribution >= 0.6 is 50.5 Å². The summed E-state index contributed by atoms with van der Waals surface area (Å²) in [6.07, 6.45) is 1.59. The molecule has 0 spiro atoms. The highest BCUT2D eigenvalue weighted by atomic mass is 79.9. The molecule has 0 bridgehead atoms. The number of esters is 1. The van der Waals surface area contributed by atoms with Gasteiger partial charge in [0, 0.05) is 31.2 Å². The van der Waals surface area contributed by atoms with E-state index in [9.17, 15) is 9.59 Å². The summed E-state index contributed by atoms with van der Waals surface area (Å²) >= 11 is 17.2. The molecule has 1 aliphatic heterocycles. The van der Waals surface area contributed by atoms with E-state index in [1.807, 2.05) is 44.2 Å². The monoisotopic (exact) mass is 744 g/mol. The minimum absolute atomic E-state index is 0.130. The van der Waals surface area contributed by atoms with Crippen LogP contribution in [-0.2, 0) is 16.1 Å². The number of carbonyl (C=O) groups excluding carboxylic acids is 1. The van der Waals surface area contributed by atoms with Crippen molar-refractivity contribution in [2.24, 2.45) is 4.99 Å². The molecule has 0 amide bonds. The number of hydrogen-bond acceptors (Lipinski definition) is 8. The summed E-state index contributed by atoms with van der Waals surface area (Å²) < 4.78 is 26.1. The molecule has 2 heterocycles. The lowest BCUT2D eigenvalue weighted by atomic mass is 9.95. The average Bonchev–Trinajstić information content (AvgIpc) is 3.30. The lowest BCUT2D eigenvalue weighted by Crippen LogP contribution is -2.40. The highest BCUT2D eigenvalue weighted by Gasteiger charge is 2.35. The maximum absolute atomic E-state index is 14.3. The van der Waals surface area contributed by atoms with Gasteiger partial charge in [0.1, 0.15) is 18.4 Å². The van der Waals surface area contributed by atoms with Crippen LogP contribution < -0.4 is 29.1 Å². The molecule has 0 aliphatic carbocycles. The van der Waals surface area contributed by atoms with Gasteiger partial charge in [-0.2, -0.15) is 0 Å². The third-order valence-electron chi connectivity index (χ3n) is 7.04. The standard InChI is InChI=1S/C34H31BrCl2N2O6S/c1-6-43-33(41)29-19(4)38-34-39(30(29)24-9-7-8-10-26(24)45-18(2)3)32(40)28(46-34)14-21-13-22(35)15-27(42-5)31(21)44-17-20-11-12-23(36)16-25(20)37/h7-16,18,30H,6,17H2,1-5H3/b28-14-/t30-/m0/s1. The molecular formula is C34H31BrCl2N2O6S. The molecule has 12 heteroatoms. The second-order valence-corrected chi connectivity index (χ2v) is 13.3. The minimum atomic E-state index is -0.827. The first-order chi connectivity index (χ1) is 22.0. The van der Waals surface area contributed by atoms with E-state index < -0.39 is 12.0 Å². The van der Waals surface area contributed by atoms with Gasteiger partial charge in [-0.1, -0.05) is 74.7 Å². The van der Waals surface area contributed by atoms with Crippen LogP contribution in [0.4, 0.5) is 0 Å². The number of halogens is 3. The summed E-state index contributed by atoms with van der Waals surface area (Å²) in [6, 6.07) is 15.3. The van der Waals surface area contributed by atoms with Crippen molar-refractivity contribution in [2.75, 3.05) is 13.7 Å². The molecule has 3 aromatic carbocycles. The van der Waals surface area contributed by atoms with Gasteiger partial charge in [-0.25, -0.2) is 9.79 Å². The number of methoxy groups -OCH3 is 1. The van der Waals surface area contributed by atoms with Crippen molar-refractivity contribution < 1.29 is 23.7 Å². The van der Waals surface area contributed by atoms with Gasteiger partial charge < -0.3 is 18.9 Å². The second-order valence-electron chi connectivity index (χ2n) is 10.6. The topological polar surface area (TPSA) is 88.4 Å². The Kier molecular flexibility index (Phi) is 10.6. The molecule has 46 heavy (non-hydrogen) atoms. The summed E-state index contributed by atoms with van der Waals surface area (Å²) in [5, 5.41) is 0.983. The quantitative estimate of drug-likeness (QED) is 0.159. The van der Waals surface area contributed by atoms with Gasteiger partial charge in [0.05, 0.1) is 35.6 Å². The summed E-state index contributed by atoms with van der Waals surface area (Å²) in [5.41, 5.74) is 2.35. The van der Waals surface area contributed by atoms with Crippen LogP contribution in [0.1, 0.15) is 50.4 Å². The van der Waals surface area contributed by atoms with Gasteiger partial charge in [0.2, 0.25) is 0 Å². The molecule has 0 saturated carbocycles. The van der Waals surface area contributed by atoms with Crippen LogP contribution in [0.15, 0.2) is 80.1 Å². The summed E-state index contributed by atoms with van der Waals surface area (Å²) in [5.74, 6) is 0.882. The molecule has 0 unspecified atom stereocenters. The van der Waals surface area contributed by atoms with Gasteiger partial charge in [0.25, 0.3) is 5.56 Å². The van der Waals surface area contributed by atoms with E-state index in [1.54, 1.807) is 44.2 Å². The SMILES string of the molecule is CCOC(=O)C1=C(C)N=c2s/c(=C\c3cc(Br)cc(OC)c3OCc3ccc(Cl)cc3Cl)c(=O)n2[C@H]1c1ccccc1OC(C)C. The number of benzene rings is 3. The minimum Gasteiger partial charge on any atom is -0.493 e. The Morgan fingerprint density at radius 3 is 2.59 bits per heavy atom. The summed E-state index contributed by atoms with van der Waals surface area (Å²) in [7, 11) is 1.54. The average molecular weight is 747 g/mol. The van der Waals surface area contributed by atoms with Crippen LogP contribution in [0.25, 0.3) is 6.08 Å². The van der Waals surface area contributed by atoms with Gasteiger partial charge >= 0.3 is 5.97 Å². The third kappa shape index (κ3) is 7.05. The first kappa shape index (κ1) is 33.8. The number of ether oxygens (including phenoxy) is 4.